The molecule has 0 radical (unpaired) electrons. The van der Waals surface area contributed by atoms with Gasteiger partial charge in [-0.3, -0.25) is 9.79 Å². The van der Waals surface area contributed by atoms with Crippen molar-refractivity contribution >= 4 is 11.9 Å². The number of nitrogens with zero attached hydrogens (tertiary/aromatic N) is 1. The lowest BCUT2D eigenvalue weighted by Gasteiger charge is -2.13. The van der Waals surface area contributed by atoms with Crippen LogP contribution in [0.15, 0.2) is 53.5 Å². The van der Waals surface area contributed by atoms with E-state index in [1.54, 1.807) is 20.2 Å². The van der Waals surface area contributed by atoms with Gasteiger partial charge in [-0.05, 0) is 41.8 Å². The molecular weight excluding hydrogens is 344 g/mol. The van der Waals surface area contributed by atoms with Crippen molar-refractivity contribution in [2.24, 2.45) is 10.7 Å². The van der Waals surface area contributed by atoms with Crippen molar-refractivity contribution < 1.29 is 14.3 Å². The van der Waals surface area contributed by atoms with Gasteiger partial charge >= 0.3 is 0 Å². The number of primary amides is 1. The Kier molecular flexibility index (Phi) is 7.96. The van der Waals surface area contributed by atoms with Crippen molar-refractivity contribution in [3.8, 4) is 11.5 Å². The summed E-state index contributed by atoms with van der Waals surface area (Å²) in [7, 11) is 3.39. The van der Waals surface area contributed by atoms with Gasteiger partial charge in [0, 0.05) is 20.1 Å². The largest absolute Gasteiger partial charge is 0.497 e. The third kappa shape index (κ3) is 7.27. The van der Waals surface area contributed by atoms with Gasteiger partial charge < -0.3 is 25.8 Å². The molecule has 0 spiro atoms. The summed E-state index contributed by atoms with van der Waals surface area (Å²) >= 11 is 0. The summed E-state index contributed by atoms with van der Waals surface area (Å²) in [5.41, 5.74) is 7.32. The van der Waals surface area contributed by atoms with Crippen LogP contribution in [0.5, 0.6) is 11.5 Å². The summed E-state index contributed by atoms with van der Waals surface area (Å²) in [5, 5.41) is 6.54. The zero-order chi connectivity index (χ0) is 19.5. The number of rotatable bonds is 9. The molecule has 0 fully saturated rings. The van der Waals surface area contributed by atoms with Crippen LogP contribution in [0.1, 0.15) is 11.1 Å². The second-order valence-electron chi connectivity index (χ2n) is 5.85. The van der Waals surface area contributed by atoms with Gasteiger partial charge in [0.25, 0.3) is 5.91 Å². The maximum Gasteiger partial charge on any atom is 0.255 e. The van der Waals surface area contributed by atoms with Crippen LogP contribution in [-0.2, 0) is 17.8 Å². The van der Waals surface area contributed by atoms with Crippen molar-refractivity contribution in [2.75, 3.05) is 27.3 Å². The Morgan fingerprint density at radius 1 is 1.07 bits per heavy atom. The van der Waals surface area contributed by atoms with Crippen molar-refractivity contribution in [1.29, 1.82) is 0 Å². The Morgan fingerprint density at radius 3 is 2.52 bits per heavy atom. The van der Waals surface area contributed by atoms with Crippen LogP contribution < -0.4 is 25.8 Å². The number of nitrogens with two attached hydrogens (primary N) is 1. The molecule has 0 aliphatic heterocycles. The fourth-order valence-corrected chi connectivity index (χ4v) is 2.42. The highest BCUT2D eigenvalue weighted by Crippen LogP contribution is 2.13. The molecule has 27 heavy (non-hydrogen) atoms. The lowest BCUT2D eigenvalue weighted by molar-refractivity contribution is -0.119. The van der Waals surface area contributed by atoms with Gasteiger partial charge in [0.2, 0.25) is 0 Å². The zero-order valence-corrected chi connectivity index (χ0v) is 15.7. The van der Waals surface area contributed by atoms with Gasteiger partial charge in [-0.2, -0.15) is 0 Å². The smallest absolute Gasteiger partial charge is 0.255 e. The fraction of sp³-hybridized carbons (Fsp3) is 0.300. The van der Waals surface area contributed by atoms with Crippen molar-refractivity contribution in [3.63, 3.8) is 0 Å². The van der Waals surface area contributed by atoms with Crippen LogP contribution >= 0.6 is 0 Å². The quantitative estimate of drug-likeness (QED) is 0.459. The lowest BCUT2D eigenvalue weighted by Crippen LogP contribution is -2.37. The molecule has 0 aliphatic rings. The molecule has 0 bridgehead atoms. The molecule has 0 heterocycles. The summed E-state index contributed by atoms with van der Waals surface area (Å²) in [6.45, 7) is 1.20. The number of hydrogen-bond acceptors (Lipinski definition) is 4. The molecule has 2 aromatic carbocycles. The second kappa shape index (κ2) is 10.7. The minimum absolute atomic E-state index is 0.133. The van der Waals surface area contributed by atoms with E-state index >= 15 is 0 Å². The number of guanidine groups is 1. The van der Waals surface area contributed by atoms with Crippen LogP contribution in [0.2, 0.25) is 0 Å². The standard InChI is InChI=1S/C20H26N4O3/c1-22-20(23-11-10-15-6-8-17(26-2)9-7-15)24-13-16-4-3-5-18(12-16)27-14-19(21)25/h3-9,12H,10-11,13-14H2,1-2H3,(H2,21,25)(H2,22,23,24). The molecular formula is C20H26N4O3. The van der Waals surface area contributed by atoms with E-state index in [1.807, 2.05) is 42.5 Å². The highest BCUT2D eigenvalue weighted by atomic mass is 16.5. The van der Waals surface area contributed by atoms with E-state index in [1.165, 1.54) is 5.56 Å². The molecule has 0 aromatic heterocycles. The molecule has 4 N–H and O–H groups in total. The van der Waals surface area contributed by atoms with Gasteiger partial charge in [-0.1, -0.05) is 24.3 Å². The molecule has 0 aliphatic carbocycles. The number of ether oxygens (including phenoxy) is 2. The predicted octanol–water partition coefficient (Wildman–Crippen LogP) is 1.47. The highest BCUT2D eigenvalue weighted by Gasteiger charge is 2.02. The van der Waals surface area contributed by atoms with Crippen molar-refractivity contribution in [2.45, 2.75) is 13.0 Å². The highest BCUT2D eigenvalue weighted by molar-refractivity contribution is 5.79. The summed E-state index contributed by atoms with van der Waals surface area (Å²) in [6, 6.07) is 15.5. The Bertz CT molecular complexity index is 760. The monoisotopic (exact) mass is 370 g/mol. The van der Waals surface area contributed by atoms with Gasteiger partial charge in [0.15, 0.2) is 12.6 Å². The van der Waals surface area contributed by atoms with Crippen LogP contribution in [0.4, 0.5) is 0 Å². The maximum atomic E-state index is 10.8. The van der Waals surface area contributed by atoms with E-state index < -0.39 is 5.91 Å². The molecule has 0 unspecified atom stereocenters. The topological polar surface area (TPSA) is 98.0 Å². The van der Waals surface area contributed by atoms with E-state index in [4.69, 9.17) is 15.2 Å². The first-order valence-electron chi connectivity index (χ1n) is 8.68. The Balaban J connectivity index is 1.77. The minimum atomic E-state index is -0.500. The minimum Gasteiger partial charge on any atom is -0.497 e. The Labute approximate surface area is 159 Å². The number of methoxy groups -OCH3 is 1. The zero-order valence-electron chi connectivity index (χ0n) is 15.7. The molecule has 1 amide bonds. The van der Waals surface area contributed by atoms with Crippen LogP contribution in [0.25, 0.3) is 0 Å². The number of hydrogen-bond donors (Lipinski definition) is 3. The number of benzene rings is 2. The number of carbonyl (C=O) groups is 1. The van der Waals surface area contributed by atoms with E-state index in [2.05, 4.69) is 15.6 Å². The van der Waals surface area contributed by atoms with E-state index in [0.717, 1.165) is 24.3 Å². The predicted molar refractivity (Wildman–Crippen MR) is 106 cm³/mol. The maximum absolute atomic E-state index is 10.8. The summed E-state index contributed by atoms with van der Waals surface area (Å²) in [6.07, 6.45) is 0.876. The van der Waals surface area contributed by atoms with Crippen LogP contribution in [0, 0.1) is 0 Å². The van der Waals surface area contributed by atoms with Crippen molar-refractivity contribution in [3.05, 3.63) is 59.7 Å². The molecule has 0 saturated carbocycles. The van der Waals surface area contributed by atoms with E-state index in [-0.39, 0.29) is 6.61 Å². The first kappa shape index (κ1) is 20.1. The van der Waals surface area contributed by atoms with Crippen molar-refractivity contribution in [1.82, 2.24) is 10.6 Å². The third-order valence-corrected chi connectivity index (χ3v) is 3.83. The summed E-state index contributed by atoms with van der Waals surface area (Å²) in [5.74, 6) is 1.67. The molecule has 2 rings (SSSR count). The lowest BCUT2D eigenvalue weighted by atomic mass is 10.1. The Hall–Kier alpha value is -3.22. The summed E-state index contributed by atoms with van der Waals surface area (Å²) in [4.78, 5) is 15.0. The van der Waals surface area contributed by atoms with Gasteiger partial charge in [0.1, 0.15) is 11.5 Å². The number of aliphatic imine (C=N–C) groups is 1. The molecule has 0 saturated heterocycles. The SMILES string of the molecule is CN=C(NCCc1ccc(OC)cc1)NCc1cccc(OCC(N)=O)c1. The van der Waals surface area contributed by atoms with E-state index in [9.17, 15) is 4.79 Å². The third-order valence-electron chi connectivity index (χ3n) is 3.83. The fourth-order valence-electron chi connectivity index (χ4n) is 2.42. The van der Waals surface area contributed by atoms with Crippen LogP contribution in [0.3, 0.4) is 0 Å². The van der Waals surface area contributed by atoms with E-state index in [0.29, 0.717) is 18.3 Å². The van der Waals surface area contributed by atoms with Gasteiger partial charge in [-0.25, -0.2) is 0 Å². The normalized spacial score (nSPS) is 11.0. The molecule has 7 heteroatoms. The molecule has 144 valence electrons. The Morgan fingerprint density at radius 2 is 1.85 bits per heavy atom. The first-order chi connectivity index (χ1) is 13.1. The second-order valence-corrected chi connectivity index (χ2v) is 5.85. The average Bonchev–Trinajstić information content (AvgIpc) is 2.69. The summed E-state index contributed by atoms with van der Waals surface area (Å²) < 4.78 is 10.5. The number of carbonyl (C=O) groups excluding carboxylic acids is 1. The average molecular weight is 370 g/mol. The number of amides is 1. The first-order valence-corrected chi connectivity index (χ1v) is 8.68. The molecule has 2 aromatic rings. The molecule has 0 atom stereocenters. The molecule has 7 nitrogen and oxygen atoms in total. The van der Waals surface area contributed by atoms with Crippen LogP contribution in [-0.4, -0.2) is 39.2 Å². The van der Waals surface area contributed by atoms with Gasteiger partial charge in [0.05, 0.1) is 7.11 Å². The number of nitrogens with one attached hydrogen (secondary N) is 2. The van der Waals surface area contributed by atoms with Gasteiger partial charge in [-0.15, -0.1) is 0 Å².